The van der Waals surface area contributed by atoms with Crippen LogP contribution in [0, 0.1) is 0 Å². The molecular formula is C25H33NO4. The molecule has 2 aliphatic heterocycles. The van der Waals surface area contributed by atoms with Crippen molar-refractivity contribution in [3.8, 4) is 17.0 Å². The van der Waals surface area contributed by atoms with Crippen molar-refractivity contribution in [3.63, 3.8) is 0 Å². The molecular weight excluding hydrogens is 378 g/mol. The third kappa shape index (κ3) is 4.47. The van der Waals surface area contributed by atoms with E-state index in [-0.39, 0.29) is 11.7 Å². The molecule has 30 heavy (non-hydrogen) atoms. The quantitative estimate of drug-likeness (QED) is 0.612. The summed E-state index contributed by atoms with van der Waals surface area (Å²) < 4.78 is 19.2. The summed E-state index contributed by atoms with van der Waals surface area (Å²) in [5.74, 6) is 0.683. The third-order valence-electron chi connectivity index (χ3n) is 6.14. The van der Waals surface area contributed by atoms with Gasteiger partial charge >= 0.3 is 0 Å². The fourth-order valence-electron chi connectivity index (χ4n) is 4.53. The first-order chi connectivity index (χ1) is 14.7. The Hall–Kier alpha value is -2.11. The van der Waals surface area contributed by atoms with Crippen LogP contribution >= 0.6 is 0 Å². The monoisotopic (exact) mass is 411 g/mol. The van der Waals surface area contributed by atoms with E-state index in [9.17, 15) is 4.79 Å². The van der Waals surface area contributed by atoms with Gasteiger partial charge in [-0.25, -0.2) is 0 Å². The molecule has 1 aromatic heterocycles. The minimum atomic E-state index is -0.0831. The Bertz CT molecular complexity index is 927. The number of ether oxygens (including phenoxy) is 3. The van der Waals surface area contributed by atoms with Crippen molar-refractivity contribution >= 4 is 0 Å². The van der Waals surface area contributed by atoms with Crippen LogP contribution in [0.3, 0.4) is 0 Å². The average molecular weight is 412 g/mol. The maximum absolute atomic E-state index is 12.9. The smallest absolute Gasteiger partial charge is 0.254 e. The fraction of sp³-hybridized carbons (Fsp3) is 0.560. The van der Waals surface area contributed by atoms with Crippen LogP contribution in [0.2, 0.25) is 0 Å². The van der Waals surface area contributed by atoms with Crippen LogP contribution in [0.5, 0.6) is 5.75 Å². The molecule has 0 aliphatic carbocycles. The maximum Gasteiger partial charge on any atom is 0.254 e. The Morgan fingerprint density at radius 3 is 2.83 bits per heavy atom. The summed E-state index contributed by atoms with van der Waals surface area (Å²) in [7, 11) is 0. The lowest BCUT2D eigenvalue weighted by atomic mass is 9.90. The molecule has 3 heterocycles. The van der Waals surface area contributed by atoms with Gasteiger partial charge in [0.2, 0.25) is 0 Å². The second-order valence-electron chi connectivity index (χ2n) is 8.26. The summed E-state index contributed by atoms with van der Waals surface area (Å²) >= 11 is 0. The van der Waals surface area contributed by atoms with E-state index in [0.29, 0.717) is 32.2 Å². The Balaban J connectivity index is 1.64. The number of benzene rings is 1. The third-order valence-corrected chi connectivity index (χ3v) is 6.14. The van der Waals surface area contributed by atoms with Gasteiger partial charge in [0.05, 0.1) is 25.5 Å². The van der Waals surface area contributed by atoms with Gasteiger partial charge < -0.3 is 18.8 Å². The lowest BCUT2D eigenvalue weighted by Gasteiger charge is -2.27. The molecule has 0 amide bonds. The molecule has 162 valence electrons. The summed E-state index contributed by atoms with van der Waals surface area (Å²) in [5, 5.41) is 0. The number of nitrogens with zero attached hydrogens (tertiary/aromatic N) is 1. The van der Waals surface area contributed by atoms with Crippen molar-refractivity contribution in [2.45, 2.75) is 65.0 Å². The SMILES string of the molecule is CCCCCc1ccc2c(c1)CCn1c-2c(CC)c(OC[C@@H]2COCCO2)cc1=O. The van der Waals surface area contributed by atoms with Crippen LogP contribution in [-0.2, 0) is 35.3 Å². The second-order valence-corrected chi connectivity index (χ2v) is 8.26. The standard InChI is InChI=1S/C25H33NO4/c1-3-5-6-7-18-8-9-22-19(14-18)10-11-26-24(27)15-23(21(4-2)25(22)26)30-17-20-16-28-12-13-29-20/h8-9,14-15,20H,3-7,10-13,16-17H2,1-2H3/t20-/m0/s1. The van der Waals surface area contributed by atoms with Gasteiger partial charge in [-0.15, -0.1) is 0 Å². The van der Waals surface area contributed by atoms with Gasteiger partial charge in [-0.05, 0) is 36.8 Å². The Labute approximate surface area is 179 Å². The molecule has 2 aromatic rings. The molecule has 1 saturated heterocycles. The number of aryl methyl sites for hydroxylation is 2. The van der Waals surface area contributed by atoms with E-state index in [2.05, 4.69) is 32.0 Å². The summed E-state index contributed by atoms with van der Waals surface area (Å²) in [4.78, 5) is 12.9. The van der Waals surface area contributed by atoms with Crippen LogP contribution in [-0.4, -0.2) is 37.1 Å². The number of hydrogen-bond donors (Lipinski definition) is 0. The number of hydrogen-bond acceptors (Lipinski definition) is 4. The highest BCUT2D eigenvalue weighted by atomic mass is 16.6. The van der Waals surface area contributed by atoms with E-state index in [1.807, 2.05) is 4.57 Å². The zero-order chi connectivity index (χ0) is 20.9. The van der Waals surface area contributed by atoms with E-state index in [1.165, 1.54) is 36.0 Å². The molecule has 0 spiro atoms. The van der Waals surface area contributed by atoms with Crippen molar-refractivity contribution in [1.82, 2.24) is 4.57 Å². The van der Waals surface area contributed by atoms with E-state index < -0.39 is 0 Å². The predicted octanol–water partition coefficient (Wildman–Crippen LogP) is 4.16. The first-order valence-electron chi connectivity index (χ1n) is 11.4. The lowest BCUT2D eigenvalue weighted by molar-refractivity contribution is -0.101. The Kier molecular flexibility index (Phi) is 6.90. The van der Waals surface area contributed by atoms with Crippen molar-refractivity contribution in [3.05, 3.63) is 51.3 Å². The molecule has 0 unspecified atom stereocenters. The summed E-state index contributed by atoms with van der Waals surface area (Å²) in [5.41, 5.74) is 6.07. The molecule has 4 rings (SSSR count). The molecule has 0 bridgehead atoms. The maximum atomic E-state index is 12.9. The number of fused-ring (bicyclic) bond motifs is 3. The lowest BCUT2D eigenvalue weighted by Crippen LogP contribution is -2.34. The molecule has 1 atom stereocenters. The summed E-state index contributed by atoms with van der Waals surface area (Å²) in [6.07, 6.45) is 6.50. The van der Waals surface area contributed by atoms with Crippen LogP contribution < -0.4 is 10.3 Å². The highest BCUT2D eigenvalue weighted by Gasteiger charge is 2.24. The zero-order valence-electron chi connectivity index (χ0n) is 18.2. The Morgan fingerprint density at radius 2 is 2.07 bits per heavy atom. The first kappa shape index (κ1) is 21.1. The molecule has 1 fully saturated rings. The number of unbranched alkanes of at least 4 members (excludes halogenated alkanes) is 2. The summed E-state index contributed by atoms with van der Waals surface area (Å²) in [6, 6.07) is 8.44. The van der Waals surface area contributed by atoms with Gasteiger partial charge in [0, 0.05) is 23.7 Å². The first-order valence-corrected chi connectivity index (χ1v) is 11.4. The second kappa shape index (κ2) is 9.80. The molecule has 0 saturated carbocycles. The van der Waals surface area contributed by atoms with Gasteiger partial charge in [-0.1, -0.05) is 44.9 Å². The predicted molar refractivity (Wildman–Crippen MR) is 119 cm³/mol. The average Bonchev–Trinajstić information content (AvgIpc) is 2.78. The largest absolute Gasteiger partial charge is 0.490 e. The number of rotatable bonds is 8. The molecule has 5 heteroatoms. The van der Waals surface area contributed by atoms with Gasteiger partial charge in [0.1, 0.15) is 18.5 Å². The molecule has 0 radical (unpaired) electrons. The van der Waals surface area contributed by atoms with E-state index in [4.69, 9.17) is 14.2 Å². The van der Waals surface area contributed by atoms with Crippen LogP contribution in [0.1, 0.15) is 49.8 Å². The minimum Gasteiger partial charge on any atom is -0.490 e. The van der Waals surface area contributed by atoms with Gasteiger partial charge in [0.25, 0.3) is 5.56 Å². The van der Waals surface area contributed by atoms with Crippen molar-refractivity contribution in [1.29, 1.82) is 0 Å². The normalized spacial score (nSPS) is 18.0. The van der Waals surface area contributed by atoms with E-state index >= 15 is 0 Å². The molecule has 0 N–H and O–H groups in total. The molecule has 2 aliphatic rings. The van der Waals surface area contributed by atoms with Crippen molar-refractivity contribution < 1.29 is 14.2 Å². The number of pyridine rings is 1. The highest BCUT2D eigenvalue weighted by Crippen LogP contribution is 2.36. The van der Waals surface area contributed by atoms with E-state index in [1.54, 1.807) is 6.07 Å². The highest BCUT2D eigenvalue weighted by molar-refractivity contribution is 5.71. The van der Waals surface area contributed by atoms with Crippen molar-refractivity contribution in [2.24, 2.45) is 0 Å². The number of aromatic nitrogens is 1. The minimum absolute atomic E-state index is 0.00989. The molecule has 1 aromatic carbocycles. The van der Waals surface area contributed by atoms with Gasteiger partial charge in [0.15, 0.2) is 0 Å². The van der Waals surface area contributed by atoms with E-state index in [0.717, 1.165) is 37.1 Å². The zero-order valence-corrected chi connectivity index (χ0v) is 18.2. The van der Waals surface area contributed by atoms with Crippen LogP contribution in [0.25, 0.3) is 11.3 Å². The summed E-state index contributed by atoms with van der Waals surface area (Å²) in [6.45, 7) is 7.26. The molecule has 5 nitrogen and oxygen atoms in total. The van der Waals surface area contributed by atoms with Crippen LogP contribution in [0.15, 0.2) is 29.1 Å². The Morgan fingerprint density at radius 1 is 1.17 bits per heavy atom. The topological polar surface area (TPSA) is 49.7 Å². The van der Waals surface area contributed by atoms with Gasteiger partial charge in [-0.2, -0.15) is 0 Å². The van der Waals surface area contributed by atoms with Crippen molar-refractivity contribution in [2.75, 3.05) is 26.4 Å². The van der Waals surface area contributed by atoms with Gasteiger partial charge in [-0.3, -0.25) is 4.79 Å². The van der Waals surface area contributed by atoms with Crippen LogP contribution in [0.4, 0.5) is 0 Å². The fourth-order valence-corrected chi connectivity index (χ4v) is 4.53.